The Kier molecular flexibility index (Phi) is 3.67. The molecule has 0 heterocycles. The summed E-state index contributed by atoms with van der Waals surface area (Å²) in [4.78, 5) is 0.171. The first-order valence-electron chi connectivity index (χ1n) is 1.86. The van der Waals surface area contributed by atoms with Crippen LogP contribution < -0.4 is 0 Å². The van der Waals surface area contributed by atoms with Crippen molar-refractivity contribution in [1.29, 1.82) is 5.26 Å². The van der Waals surface area contributed by atoms with E-state index in [0.717, 1.165) is 0 Å². The molecular weight excluding hydrogens is 222 g/mol. The monoisotopic (exact) mass is 225 g/mol. The highest BCUT2D eigenvalue weighted by molar-refractivity contribution is 9.12. The van der Waals surface area contributed by atoms with Crippen LogP contribution in [0.15, 0.2) is 0 Å². The van der Waals surface area contributed by atoms with Crippen molar-refractivity contribution in [2.24, 2.45) is 0 Å². The maximum absolute atomic E-state index is 8.18. The molecule has 40 valence electrons. The maximum atomic E-state index is 8.18. The van der Waals surface area contributed by atoms with Gasteiger partial charge in [-0.25, -0.2) is 0 Å². The standard InChI is InChI=1S/C4H5Br2N/c1-3(5)4(6)2-7/h3-4H,1H3/t3-,4+/m0/s1. The number of hydrogen-bond acceptors (Lipinski definition) is 1. The first-order chi connectivity index (χ1) is 3.18. The largest absolute Gasteiger partial charge is 0.197 e. The molecule has 2 atom stereocenters. The van der Waals surface area contributed by atoms with E-state index in [1.807, 2.05) is 13.0 Å². The van der Waals surface area contributed by atoms with Crippen molar-refractivity contribution >= 4 is 31.9 Å². The number of nitriles is 1. The summed E-state index contributed by atoms with van der Waals surface area (Å²) in [7, 11) is 0. The Morgan fingerprint density at radius 1 is 1.57 bits per heavy atom. The third kappa shape index (κ3) is 3.07. The lowest BCUT2D eigenvalue weighted by Gasteiger charge is -1.98. The highest BCUT2D eigenvalue weighted by Gasteiger charge is 2.06. The molecule has 0 rings (SSSR count). The maximum Gasteiger partial charge on any atom is 0.114 e. The molecule has 0 amide bonds. The van der Waals surface area contributed by atoms with E-state index in [9.17, 15) is 0 Å². The predicted molar refractivity (Wildman–Crippen MR) is 36.7 cm³/mol. The molecule has 7 heavy (non-hydrogen) atoms. The SMILES string of the molecule is C[C@H](Br)[C@H](Br)C#N. The minimum Gasteiger partial charge on any atom is -0.197 e. The van der Waals surface area contributed by atoms with Crippen LogP contribution in [0.1, 0.15) is 6.92 Å². The first kappa shape index (κ1) is 7.45. The van der Waals surface area contributed by atoms with Gasteiger partial charge in [0.2, 0.25) is 0 Å². The summed E-state index contributed by atoms with van der Waals surface area (Å²) in [5.74, 6) is 0. The lowest BCUT2D eigenvalue weighted by atomic mass is 10.4. The van der Waals surface area contributed by atoms with Crippen LogP contribution in [0.25, 0.3) is 0 Å². The van der Waals surface area contributed by atoms with Crippen LogP contribution in [0.4, 0.5) is 0 Å². The molecule has 3 heteroatoms. The summed E-state index contributed by atoms with van der Waals surface area (Å²) in [6, 6.07) is 2.03. The Bertz CT molecular complexity index is 84.2. The van der Waals surface area contributed by atoms with Crippen LogP contribution in [0.2, 0.25) is 0 Å². The van der Waals surface area contributed by atoms with Crippen molar-refractivity contribution in [1.82, 2.24) is 0 Å². The molecule has 0 saturated carbocycles. The molecule has 0 N–H and O–H groups in total. The molecule has 0 aromatic rings. The second-order valence-corrected chi connectivity index (χ2v) is 3.64. The Labute approximate surface area is 60.0 Å². The lowest BCUT2D eigenvalue weighted by Crippen LogP contribution is -2.04. The first-order valence-corrected chi connectivity index (χ1v) is 3.69. The van der Waals surface area contributed by atoms with Gasteiger partial charge in [0.05, 0.1) is 6.07 Å². The van der Waals surface area contributed by atoms with Crippen molar-refractivity contribution in [2.45, 2.75) is 16.6 Å². The second kappa shape index (κ2) is 3.45. The van der Waals surface area contributed by atoms with Crippen LogP contribution in [0, 0.1) is 11.3 Å². The van der Waals surface area contributed by atoms with E-state index in [-0.39, 0.29) is 9.65 Å². The number of hydrogen-bond donors (Lipinski definition) is 0. The van der Waals surface area contributed by atoms with Crippen LogP contribution in [0.5, 0.6) is 0 Å². The van der Waals surface area contributed by atoms with Gasteiger partial charge in [0, 0.05) is 4.83 Å². The molecule has 0 aliphatic carbocycles. The molecule has 0 radical (unpaired) electrons. The molecule has 0 aromatic carbocycles. The number of rotatable bonds is 1. The molecule has 0 bridgehead atoms. The third-order valence-corrected chi connectivity index (χ3v) is 2.76. The normalized spacial score (nSPS) is 17.4. The van der Waals surface area contributed by atoms with Crippen molar-refractivity contribution in [3.63, 3.8) is 0 Å². The van der Waals surface area contributed by atoms with Crippen molar-refractivity contribution < 1.29 is 0 Å². The van der Waals surface area contributed by atoms with E-state index in [2.05, 4.69) is 31.9 Å². The van der Waals surface area contributed by atoms with Crippen LogP contribution in [0.3, 0.4) is 0 Å². The smallest absolute Gasteiger partial charge is 0.114 e. The zero-order valence-corrected chi connectivity index (χ0v) is 7.03. The highest BCUT2D eigenvalue weighted by atomic mass is 79.9. The van der Waals surface area contributed by atoms with Crippen LogP contribution in [-0.4, -0.2) is 9.65 Å². The lowest BCUT2D eigenvalue weighted by molar-refractivity contribution is 1.04. The van der Waals surface area contributed by atoms with Crippen LogP contribution in [-0.2, 0) is 0 Å². The van der Waals surface area contributed by atoms with Gasteiger partial charge in [-0.05, 0) is 0 Å². The number of alkyl halides is 2. The summed E-state index contributed by atoms with van der Waals surface area (Å²) in [6.45, 7) is 1.92. The summed E-state index contributed by atoms with van der Waals surface area (Å²) in [6.07, 6.45) is 0. The van der Waals surface area contributed by atoms with E-state index >= 15 is 0 Å². The zero-order chi connectivity index (χ0) is 5.86. The van der Waals surface area contributed by atoms with Crippen molar-refractivity contribution in [3.8, 4) is 6.07 Å². The molecule has 0 aliphatic rings. The summed E-state index contributed by atoms with van der Waals surface area (Å²) in [5.41, 5.74) is 0. The molecule has 0 saturated heterocycles. The van der Waals surface area contributed by atoms with Gasteiger partial charge in [-0.3, -0.25) is 0 Å². The highest BCUT2D eigenvalue weighted by Crippen LogP contribution is 2.11. The second-order valence-electron chi connectivity index (χ2n) is 1.21. The van der Waals surface area contributed by atoms with Gasteiger partial charge in [0.25, 0.3) is 0 Å². The Balaban J connectivity index is 3.40. The topological polar surface area (TPSA) is 23.8 Å². The molecule has 1 nitrogen and oxygen atoms in total. The van der Waals surface area contributed by atoms with E-state index in [1.54, 1.807) is 0 Å². The minimum atomic E-state index is -0.0625. The average molecular weight is 227 g/mol. The summed E-state index contributed by atoms with van der Waals surface area (Å²) < 4.78 is 0. The fraction of sp³-hybridized carbons (Fsp3) is 0.750. The number of halogens is 2. The van der Waals surface area contributed by atoms with Gasteiger partial charge in [-0.15, -0.1) is 0 Å². The zero-order valence-electron chi connectivity index (χ0n) is 3.86. The fourth-order valence-corrected chi connectivity index (χ4v) is 0.221. The Hall–Kier alpha value is 0.450. The van der Waals surface area contributed by atoms with Gasteiger partial charge in [-0.1, -0.05) is 38.8 Å². The van der Waals surface area contributed by atoms with E-state index < -0.39 is 0 Å². The van der Waals surface area contributed by atoms with Crippen LogP contribution >= 0.6 is 31.9 Å². The summed E-state index contributed by atoms with van der Waals surface area (Å²) >= 11 is 6.36. The van der Waals surface area contributed by atoms with Gasteiger partial charge in [-0.2, -0.15) is 5.26 Å². The van der Waals surface area contributed by atoms with Gasteiger partial charge in [0.15, 0.2) is 0 Å². The average Bonchev–Trinajstić information content (AvgIpc) is 1.65. The van der Waals surface area contributed by atoms with E-state index in [4.69, 9.17) is 5.26 Å². The summed E-state index contributed by atoms with van der Waals surface area (Å²) in [5, 5.41) is 8.18. The van der Waals surface area contributed by atoms with Crippen molar-refractivity contribution in [3.05, 3.63) is 0 Å². The molecular formula is C4H5Br2N. The Morgan fingerprint density at radius 2 is 2.00 bits per heavy atom. The molecule has 0 spiro atoms. The fourth-order valence-electron chi connectivity index (χ4n) is 0.103. The van der Waals surface area contributed by atoms with E-state index in [0.29, 0.717) is 0 Å². The number of nitrogens with zero attached hydrogens (tertiary/aromatic N) is 1. The molecule has 0 fully saturated rings. The molecule has 0 aromatic heterocycles. The predicted octanol–water partition coefficient (Wildman–Crippen LogP) is 2.06. The molecule has 0 unspecified atom stereocenters. The van der Waals surface area contributed by atoms with Gasteiger partial charge < -0.3 is 0 Å². The van der Waals surface area contributed by atoms with Gasteiger partial charge in [0.1, 0.15) is 4.83 Å². The molecule has 0 aliphatic heterocycles. The third-order valence-electron chi connectivity index (χ3n) is 0.527. The van der Waals surface area contributed by atoms with E-state index in [1.165, 1.54) is 0 Å². The quantitative estimate of drug-likeness (QED) is 0.628. The Morgan fingerprint density at radius 3 is 2.00 bits per heavy atom. The van der Waals surface area contributed by atoms with Crippen molar-refractivity contribution in [2.75, 3.05) is 0 Å². The minimum absolute atomic E-state index is 0.0625. The van der Waals surface area contributed by atoms with Gasteiger partial charge >= 0.3 is 0 Å².